The second kappa shape index (κ2) is 6.67. The van der Waals surface area contributed by atoms with Crippen LogP contribution in [0.15, 0.2) is 29.1 Å². The standard InChI is InChI=1S/C16H18ClN3OS/c1-12-15(17)14(3-5-18-12)19-6-2-7-20(9-8-19)16(21)13-4-10-22-11-13/h3-5,10-11H,2,6-9H2,1H3. The van der Waals surface area contributed by atoms with E-state index >= 15 is 0 Å². The Kier molecular flexibility index (Phi) is 4.64. The van der Waals surface area contributed by atoms with E-state index in [1.54, 1.807) is 17.5 Å². The summed E-state index contributed by atoms with van der Waals surface area (Å²) in [6, 6.07) is 3.84. The van der Waals surface area contributed by atoms with Crippen LogP contribution in [0.25, 0.3) is 0 Å². The molecule has 3 rings (SSSR count). The molecule has 0 bridgehead atoms. The van der Waals surface area contributed by atoms with Crippen molar-refractivity contribution in [1.82, 2.24) is 9.88 Å². The van der Waals surface area contributed by atoms with Crippen molar-refractivity contribution in [2.45, 2.75) is 13.3 Å². The van der Waals surface area contributed by atoms with Gasteiger partial charge in [-0.1, -0.05) is 11.6 Å². The molecular formula is C16H18ClN3OS. The van der Waals surface area contributed by atoms with Gasteiger partial charge in [-0.3, -0.25) is 9.78 Å². The number of hydrogen-bond donors (Lipinski definition) is 0. The van der Waals surface area contributed by atoms with Crippen molar-refractivity contribution in [2.24, 2.45) is 0 Å². The zero-order valence-electron chi connectivity index (χ0n) is 12.5. The molecule has 1 aliphatic heterocycles. The van der Waals surface area contributed by atoms with E-state index in [0.29, 0.717) is 11.6 Å². The largest absolute Gasteiger partial charge is 0.368 e. The lowest BCUT2D eigenvalue weighted by Crippen LogP contribution is -2.35. The zero-order chi connectivity index (χ0) is 15.5. The van der Waals surface area contributed by atoms with Crippen molar-refractivity contribution < 1.29 is 4.79 Å². The normalized spacial score (nSPS) is 15.7. The summed E-state index contributed by atoms with van der Waals surface area (Å²) < 4.78 is 0. The minimum atomic E-state index is 0.125. The van der Waals surface area contributed by atoms with E-state index in [-0.39, 0.29) is 5.91 Å². The molecule has 1 amide bonds. The number of anilines is 1. The molecule has 6 heteroatoms. The third-order valence-corrected chi connectivity index (χ3v) is 5.09. The molecule has 0 aliphatic carbocycles. The van der Waals surface area contributed by atoms with Gasteiger partial charge < -0.3 is 9.80 Å². The summed E-state index contributed by atoms with van der Waals surface area (Å²) >= 11 is 7.93. The van der Waals surface area contributed by atoms with E-state index in [0.717, 1.165) is 43.0 Å². The topological polar surface area (TPSA) is 36.4 Å². The number of carbonyl (C=O) groups excluding carboxylic acids is 1. The van der Waals surface area contributed by atoms with Crippen LogP contribution in [0.5, 0.6) is 0 Å². The third-order valence-electron chi connectivity index (χ3n) is 3.94. The average Bonchev–Trinajstić information content (AvgIpc) is 2.94. The molecule has 4 nitrogen and oxygen atoms in total. The highest BCUT2D eigenvalue weighted by molar-refractivity contribution is 7.08. The van der Waals surface area contributed by atoms with E-state index in [1.165, 1.54) is 0 Å². The first-order valence-corrected chi connectivity index (χ1v) is 8.66. The minimum absolute atomic E-state index is 0.125. The van der Waals surface area contributed by atoms with Crippen LogP contribution in [0.1, 0.15) is 22.5 Å². The monoisotopic (exact) mass is 335 g/mol. The number of amides is 1. The molecule has 0 radical (unpaired) electrons. The quantitative estimate of drug-likeness (QED) is 0.843. The molecule has 3 heterocycles. The highest BCUT2D eigenvalue weighted by atomic mass is 35.5. The number of pyridine rings is 1. The molecule has 0 atom stereocenters. The second-order valence-electron chi connectivity index (χ2n) is 5.37. The maximum absolute atomic E-state index is 12.5. The first kappa shape index (κ1) is 15.3. The van der Waals surface area contributed by atoms with Crippen molar-refractivity contribution >= 4 is 34.5 Å². The van der Waals surface area contributed by atoms with Gasteiger partial charge >= 0.3 is 0 Å². The Morgan fingerprint density at radius 3 is 2.91 bits per heavy atom. The van der Waals surface area contributed by atoms with E-state index in [2.05, 4.69) is 9.88 Å². The Morgan fingerprint density at radius 2 is 2.14 bits per heavy atom. The summed E-state index contributed by atoms with van der Waals surface area (Å²) in [4.78, 5) is 20.9. The fraction of sp³-hybridized carbons (Fsp3) is 0.375. The summed E-state index contributed by atoms with van der Waals surface area (Å²) in [5.74, 6) is 0.125. The summed E-state index contributed by atoms with van der Waals surface area (Å²) in [5, 5.41) is 4.56. The summed E-state index contributed by atoms with van der Waals surface area (Å²) in [5.41, 5.74) is 2.64. The van der Waals surface area contributed by atoms with Crippen molar-refractivity contribution in [3.8, 4) is 0 Å². The molecule has 1 fully saturated rings. The van der Waals surface area contributed by atoms with Gasteiger partial charge in [-0.15, -0.1) is 0 Å². The van der Waals surface area contributed by atoms with Crippen LogP contribution in [-0.4, -0.2) is 42.0 Å². The van der Waals surface area contributed by atoms with Gasteiger partial charge in [-0.25, -0.2) is 0 Å². The number of aryl methyl sites for hydroxylation is 1. The first-order valence-electron chi connectivity index (χ1n) is 7.34. The molecule has 116 valence electrons. The smallest absolute Gasteiger partial charge is 0.254 e. The maximum atomic E-state index is 12.5. The number of halogens is 1. The highest BCUT2D eigenvalue weighted by Crippen LogP contribution is 2.28. The van der Waals surface area contributed by atoms with Gasteiger partial charge in [0.15, 0.2) is 0 Å². The van der Waals surface area contributed by atoms with Gasteiger partial charge in [-0.05, 0) is 30.9 Å². The van der Waals surface area contributed by atoms with E-state index in [4.69, 9.17) is 11.6 Å². The van der Waals surface area contributed by atoms with Crippen LogP contribution in [0.2, 0.25) is 5.02 Å². The van der Waals surface area contributed by atoms with E-state index in [9.17, 15) is 4.79 Å². The number of nitrogens with zero attached hydrogens (tertiary/aromatic N) is 3. The molecule has 2 aromatic heterocycles. The molecule has 0 aromatic carbocycles. The van der Waals surface area contributed by atoms with Crippen molar-refractivity contribution in [1.29, 1.82) is 0 Å². The van der Waals surface area contributed by atoms with Crippen molar-refractivity contribution in [3.63, 3.8) is 0 Å². The lowest BCUT2D eigenvalue weighted by molar-refractivity contribution is 0.0767. The lowest BCUT2D eigenvalue weighted by atomic mass is 10.3. The Morgan fingerprint density at radius 1 is 1.27 bits per heavy atom. The number of aromatic nitrogens is 1. The average molecular weight is 336 g/mol. The molecule has 2 aromatic rings. The predicted molar refractivity (Wildman–Crippen MR) is 91.0 cm³/mol. The number of carbonyl (C=O) groups is 1. The minimum Gasteiger partial charge on any atom is -0.368 e. The molecule has 0 spiro atoms. The van der Waals surface area contributed by atoms with Gasteiger partial charge in [0.1, 0.15) is 0 Å². The Bertz CT molecular complexity index is 659. The lowest BCUT2D eigenvalue weighted by Gasteiger charge is -2.24. The van der Waals surface area contributed by atoms with Crippen LogP contribution in [0, 0.1) is 6.92 Å². The SMILES string of the molecule is Cc1nccc(N2CCCN(C(=O)c3ccsc3)CC2)c1Cl. The Balaban J connectivity index is 1.72. The maximum Gasteiger partial charge on any atom is 0.254 e. The Labute approximate surface area is 139 Å². The van der Waals surface area contributed by atoms with Crippen LogP contribution in [-0.2, 0) is 0 Å². The molecule has 0 saturated carbocycles. The molecule has 22 heavy (non-hydrogen) atoms. The molecule has 1 aliphatic rings. The first-order chi connectivity index (χ1) is 10.7. The van der Waals surface area contributed by atoms with Crippen LogP contribution in [0.3, 0.4) is 0 Å². The van der Waals surface area contributed by atoms with Crippen LogP contribution in [0.4, 0.5) is 5.69 Å². The van der Waals surface area contributed by atoms with Crippen LogP contribution < -0.4 is 4.90 Å². The molecule has 1 saturated heterocycles. The summed E-state index contributed by atoms with van der Waals surface area (Å²) in [6.07, 6.45) is 2.73. The highest BCUT2D eigenvalue weighted by Gasteiger charge is 2.22. The van der Waals surface area contributed by atoms with Gasteiger partial charge in [0, 0.05) is 37.8 Å². The van der Waals surface area contributed by atoms with Crippen molar-refractivity contribution in [2.75, 3.05) is 31.1 Å². The molecular weight excluding hydrogens is 318 g/mol. The van der Waals surface area contributed by atoms with Crippen molar-refractivity contribution in [3.05, 3.63) is 45.4 Å². The number of hydrogen-bond acceptors (Lipinski definition) is 4. The van der Waals surface area contributed by atoms with Gasteiger partial charge in [0.25, 0.3) is 5.91 Å². The Hall–Kier alpha value is -1.59. The van der Waals surface area contributed by atoms with E-state index < -0.39 is 0 Å². The molecule has 0 N–H and O–H groups in total. The van der Waals surface area contributed by atoms with Gasteiger partial charge in [0.05, 0.1) is 22.0 Å². The summed E-state index contributed by atoms with van der Waals surface area (Å²) in [6.45, 7) is 5.10. The predicted octanol–water partition coefficient (Wildman–Crippen LogP) is 3.46. The molecule has 0 unspecified atom stereocenters. The van der Waals surface area contributed by atoms with E-state index in [1.807, 2.05) is 34.7 Å². The zero-order valence-corrected chi connectivity index (χ0v) is 14.0. The summed E-state index contributed by atoms with van der Waals surface area (Å²) in [7, 11) is 0. The number of rotatable bonds is 2. The number of thiophene rings is 1. The fourth-order valence-corrected chi connectivity index (χ4v) is 3.57. The fourth-order valence-electron chi connectivity index (χ4n) is 2.71. The third kappa shape index (κ3) is 3.10. The van der Waals surface area contributed by atoms with Crippen LogP contribution >= 0.6 is 22.9 Å². The van der Waals surface area contributed by atoms with Gasteiger partial charge in [-0.2, -0.15) is 11.3 Å². The second-order valence-corrected chi connectivity index (χ2v) is 6.53. The van der Waals surface area contributed by atoms with Gasteiger partial charge in [0.2, 0.25) is 0 Å².